The number of unbranched alkanes of at least 4 members (excludes halogenated alkanes) is 10. The lowest BCUT2D eigenvalue weighted by molar-refractivity contribution is 0.189. The van der Waals surface area contributed by atoms with Crippen LogP contribution < -0.4 is 0 Å². The third-order valence-electron chi connectivity index (χ3n) is 4.25. The summed E-state index contributed by atoms with van der Waals surface area (Å²) in [6, 6.07) is 0. The highest BCUT2D eigenvalue weighted by Crippen LogP contribution is 2.17. The van der Waals surface area contributed by atoms with Crippen molar-refractivity contribution in [2.75, 3.05) is 0 Å². The molecule has 0 bridgehead atoms. The summed E-state index contributed by atoms with van der Waals surface area (Å²) in [4.78, 5) is 0. The summed E-state index contributed by atoms with van der Waals surface area (Å²) in [5.41, 5.74) is 0. The van der Waals surface area contributed by atoms with Crippen molar-refractivity contribution >= 4 is 22.6 Å². The first-order valence-corrected chi connectivity index (χ1v) is 11.0. The van der Waals surface area contributed by atoms with E-state index in [1.165, 1.54) is 64.2 Å². The van der Waals surface area contributed by atoms with Gasteiger partial charge in [-0.2, -0.15) is 0 Å². The summed E-state index contributed by atoms with van der Waals surface area (Å²) < 4.78 is 26.5. The van der Waals surface area contributed by atoms with Gasteiger partial charge in [0.1, 0.15) is 0 Å². The zero-order chi connectivity index (χ0) is 17.3. The minimum absolute atomic E-state index is 0.0722. The van der Waals surface area contributed by atoms with Gasteiger partial charge in [0.15, 0.2) is 0 Å². The Morgan fingerprint density at radius 1 is 0.783 bits per heavy atom. The highest BCUT2D eigenvalue weighted by Gasteiger charge is 2.11. The Labute approximate surface area is 150 Å². The molecule has 0 saturated heterocycles. The van der Waals surface area contributed by atoms with Crippen molar-refractivity contribution in [1.29, 1.82) is 0 Å². The predicted octanol–water partition coefficient (Wildman–Crippen LogP) is 6.01. The molecule has 5 heteroatoms. The molecule has 0 aromatic rings. The van der Waals surface area contributed by atoms with Gasteiger partial charge in [0.2, 0.25) is 0 Å². The molecule has 3 nitrogen and oxygen atoms in total. The first kappa shape index (κ1) is 23.2. The Morgan fingerprint density at radius 2 is 1.26 bits per heavy atom. The average molecular weight is 369 g/mol. The van der Waals surface area contributed by atoms with Crippen molar-refractivity contribution < 1.29 is 12.6 Å². The van der Waals surface area contributed by atoms with Crippen LogP contribution in [0.2, 0.25) is 0 Å². The third-order valence-corrected chi connectivity index (χ3v) is 4.94. The van der Waals surface area contributed by atoms with Crippen LogP contribution in [0, 0.1) is 0 Å². The lowest BCUT2D eigenvalue weighted by atomic mass is 10.0. The number of thiol groups is 1. The topological polar surface area (TPSA) is 43.4 Å². The van der Waals surface area contributed by atoms with E-state index in [0.717, 1.165) is 25.7 Å². The van der Waals surface area contributed by atoms with Crippen molar-refractivity contribution in [1.82, 2.24) is 0 Å². The molecule has 0 aromatic heterocycles. The van der Waals surface area contributed by atoms with E-state index in [9.17, 15) is 8.42 Å². The van der Waals surface area contributed by atoms with Gasteiger partial charge in [-0.05, 0) is 26.2 Å². The maximum atomic E-state index is 10.7. The Bertz CT molecular complexity index is 311. The molecule has 0 saturated carbocycles. The van der Waals surface area contributed by atoms with Crippen LogP contribution in [0.25, 0.3) is 0 Å². The fourth-order valence-electron chi connectivity index (χ4n) is 2.82. The molecule has 0 heterocycles. The van der Waals surface area contributed by atoms with Crippen LogP contribution in [0.15, 0.2) is 0 Å². The number of rotatable bonds is 17. The van der Waals surface area contributed by atoms with Crippen molar-refractivity contribution in [3.05, 3.63) is 0 Å². The molecule has 23 heavy (non-hydrogen) atoms. The van der Waals surface area contributed by atoms with Gasteiger partial charge in [0.25, 0.3) is 11.0 Å². The van der Waals surface area contributed by atoms with Crippen LogP contribution in [0.5, 0.6) is 0 Å². The van der Waals surface area contributed by atoms with Crippen LogP contribution in [-0.2, 0) is 15.2 Å². The summed E-state index contributed by atoms with van der Waals surface area (Å²) in [6.45, 7) is 4.18. The van der Waals surface area contributed by atoms with Gasteiger partial charge in [-0.1, -0.05) is 77.6 Å². The summed E-state index contributed by atoms with van der Waals surface area (Å²) in [5.74, 6) is 0. The second-order valence-corrected chi connectivity index (χ2v) is 8.04. The molecule has 140 valence electrons. The average Bonchev–Trinajstić information content (AvgIpc) is 2.49. The Morgan fingerprint density at radius 3 is 1.70 bits per heavy atom. The highest BCUT2D eigenvalue weighted by atomic mass is 35.5. The molecule has 0 amide bonds. The molecule has 0 spiro atoms. The third kappa shape index (κ3) is 18.4. The normalized spacial score (nSPS) is 14.3. The van der Waals surface area contributed by atoms with E-state index in [-0.39, 0.29) is 11.5 Å². The SMILES string of the molecule is CCCCCCCCCCCCCC(CCC(C)Cl)O[SH](=O)=O. The minimum Gasteiger partial charge on any atom is -0.269 e. The van der Waals surface area contributed by atoms with E-state index >= 15 is 0 Å². The molecule has 0 aliphatic rings. The van der Waals surface area contributed by atoms with Crippen molar-refractivity contribution in [3.63, 3.8) is 0 Å². The second kappa shape index (κ2) is 17.0. The summed E-state index contributed by atoms with van der Waals surface area (Å²) >= 11 is 5.92. The van der Waals surface area contributed by atoms with Crippen LogP contribution in [0.3, 0.4) is 0 Å². The summed E-state index contributed by atoms with van der Waals surface area (Å²) in [7, 11) is -2.75. The molecule has 2 unspecified atom stereocenters. The molecular formula is C18H37ClO3S. The van der Waals surface area contributed by atoms with E-state index in [1.807, 2.05) is 6.92 Å². The minimum atomic E-state index is -2.75. The maximum absolute atomic E-state index is 10.7. The van der Waals surface area contributed by atoms with Gasteiger partial charge in [0.05, 0.1) is 6.10 Å². The van der Waals surface area contributed by atoms with Gasteiger partial charge < -0.3 is 0 Å². The van der Waals surface area contributed by atoms with Crippen LogP contribution in [-0.4, -0.2) is 19.9 Å². The fraction of sp³-hybridized carbons (Fsp3) is 1.00. The number of hydrogen-bond acceptors (Lipinski definition) is 3. The van der Waals surface area contributed by atoms with Gasteiger partial charge in [-0.25, -0.2) is 8.42 Å². The van der Waals surface area contributed by atoms with E-state index in [1.54, 1.807) is 0 Å². The fourth-order valence-corrected chi connectivity index (χ4v) is 3.40. The second-order valence-electron chi connectivity index (χ2n) is 6.63. The zero-order valence-electron chi connectivity index (χ0n) is 15.1. The standard InChI is InChI=1S/C18H37ClO3S/c1-3-4-5-6-7-8-9-10-11-12-13-14-18(22-23(20)21)16-15-17(2)19/h17-18,23H,3-16H2,1-2H3. The van der Waals surface area contributed by atoms with Crippen molar-refractivity contribution in [2.45, 2.75) is 115 Å². The maximum Gasteiger partial charge on any atom is 0.257 e. The lowest BCUT2D eigenvalue weighted by Crippen LogP contribution is -2.13. The first-order chi connectivity index (χ1) is 11.1. The van der Waals surface area contributed by atoms with E-state index in [4.69, 9.17) is 15.8 Å². The number of hydrogen-bond donors (Lipinski definition) is 1. The van der Waals surface area contributed by atoms with Crippen LogP contribution in [0.4, 0.5) is 0 Å². The Kier molecular flexibility index (Phi) is 17.2. The number of halogens is 1. The molecule has 0 aliphatic carbocycles. The Balaban J connectivity index is 3.50. The highest BCUT2D eigenvalue weighted by molar-refractivity contribution is 7.67. The molecule has 0 fully saturated rings. The van der Waals surface area contributed by atoms with Crippen molar-refractivity contribution in [2.24, 2.45) is 0 Å². The molecule has 0 radical (unpaired) electrons. The smallest absolute Gasteiger partial charge is 0.257 e. The first-order valence-electron chi connectivity index (χ1n) is 9.51. The largest absolute Gasteiger partial charge is 0.269 e. The molecule has 2 atom stereocenters. The van der Waals surface area contributed by atoms with E-state index < -0.39 is 11.0 Å². The van der Waals surface area contributed by atoms with Gasteiger partial charge >= 0.3 is 0 Å². The van der Waals surface area contributed by atoms with Gasteiger partial charge in [-0.3, -0.25) is 4.18 Å². The quantitative estimate of drug-likeness (QED) is 0.194. The zero-order valence-corrected chi connectivity index (χ0v) is 16.8. The lowest BCUT2D eigenvalue weighted by Gasteiger charge is -2.14. The Hall–Kier alpha value is 0.200. The molecule has 0 N–H and O–H groups in total. The molecular weight excluding hydrogens is 332 g/mol. The molecule has 0 aromatic carbocycles. The van der Waals surface area contributed by atoms with Gasteiger partial charge in [0, 0.05) is 5.38 Å². The van der Waals surface area contributed by atoms with Gasteiger partial charge in [-0.15, -0.1) is 11.6 Å². The van der Waals surface area contributed by atoms with Crippen LogP contribution in [0.1, 0.15) is 104 Å². The van der Waals surface area contributed by atoms with Crippen LogP contribution >= 0.6 is 11.6 Å². The monoisotopic (exact) mass is 368 g/mol. The molecule has 0 aliphatic heterocycles. The molecule has 0 rings (SSSR count). The number of alkyl halides is 1. The van der Waals surface area contributed by atoms with E-state index in [2.05, 4.69) is 6.92 Å². The predicted molar refractivity (Wildman–Crippen MR) is 101 cm³/mol. The van der Waals surface area contributed by atoms with E-state index in [0.29, 0.717) is 0 Å². The summed E-state index contributed by atoms with van der Waals surface area (Å²) in [5, 5.41) is 0.0722. The van der Waals surface area contributed by atoms with Crippen molar-refractivity contribution in [3.8, 4) is 0 Å². The summed E-state index contributed by atoms with van der Waals surface area (Å²) in [6.07, 6.45) is 16.5.